The molecule has 2 N–H and O–H groups in total. The molecule has 144 valence electrons. The molecule has 0 saturated heterocycles. The average molecular weight is 385 g/mol. The van der Waals surface area contributed by atoms with E-state index in [9.17, 15) is 13.6 Å². The Morgan fingerprint density at radius 1 is 0.964 bits per heavy atom. The zero-order chi connectivity index (χ0) is 20.1. The van der Waals surface area contributed by atoms with Crippen LogP contribution in [0.15, 0.2) is 54.7 Å². The van der Waals surface area contributed by atoms with Crippen molar-refractivity contribution in [3.63, 3.8) is 0 Å². The number of hydrogen-bond acceptors (Lipinski definition) is 5. The number of halogens is 2. The predicted molar refractivity (Wildman–Crippen MR) is 101 cm³/mol. The molecule has 0 atom stereocenters. The highest BCUT2D eigenvalue weighted by molar-refractivity contribution is 6.04. The third kappa shape index (κ3) is 4.17. The quantitative estimate of drug-likeness (QED) is 0.659. The number of ether oxygens (including phenoxy) is 2. The van der Waals surface area contributed by atoms with Gasteiger partial charge in [-0.05, 0) is 36.4 Å². The lowest BCUT2D eigenvalue weighted by molar-refractivity contribution is 0.102. The number of methoxy groups -OCH3 is 2. The topological polar surface area (TPSA) is 72.5 Å². The van der Waals surface area contributed by atoms with E-state index in [4.69, 9.17) is 9.47 Å². The second-order valence-electron chi connectivity index (χ2n) is 5.68. The number of hydrogen-bond donors (Lipinski definition) is 2. The van der Waals surface area contributed by atoms with E-state index in [-0.39, 0.29) is 17.1 Å². The van der Waals surface area contributed by atoms with Gasteiger partial charge in [-0.1, -0.05) is 6.07 Å². The number of rotatable bonds is 6. The first-order valence-electron chi connectivity index (χ1n) is 8.22. The molecular weight excluding hydrogens is 368 g/mol. The molecule has 3 rings (SSSR count). The number of aromatic nitrogens is 1. The van der Waals surface area contributed by atoms with Gasteiger partial charge >= 0.3 is 0 Å². The van der Waals surface area contributed by atoms with Crippen LogP contribution in [0.25, 0.3) is 0 Å². The summed E-state index contributed by atoms with van der Waals surface area (Å²) in [7, 11) is 3.01. The summed E-state index contributed by atoms with van der Waals surface area (Å²) in [5.41, 5.74) is 0.408. The summed E-state index contributed by atoms with van der Waals surface area (Å²) in [6.45, 7) is 0. The first-order valence-corrected chi connectivity index (χ1v) is 8.22. The van der Waals surface area contributed by atoms with Crippen LogP contribution in [0.5, 0.6) is 11.5 Å². The highest BCUT2D eigenvalue weighted by Gasteiger charge is 2.13. The van der Waals surface area contributed by atoms with Crippen LogP contribution in [0.3, 0.4) is 0 Å². The number of para-hydroxylation sites is 1. The van der Waals surface area contributed by atoms with E-state index in [1.54, 1.807) is 18.2 Å². The third-order valence-electron chi connectivity index (χ3n) is 3.88. The van der Waals surface area contributed by atoms with Crippen molar-refractivity contribution < 1.29 is 23.0 Å². The summed E-state index contributed by atoms with van der Waals surface area (Å²) in [6, 6.07) is 11.3. The van der Waals surface area contributed by atoms with Crippen LogP contribution in [0, 0.1) is 11.6 Å². The number of amides is 1. The summed E-state index contributed by atoms with van der Waals surface area (Å²) < 4.78 is 37.9. The maximum Gasteiger partial charge on any atom is 0.255 e. The van der Waals surface area contributed by atoms with Gasteiger partial charge in [-0.15, -0.1) is 0 Å². The molecule has 0 aliphatic carbocycles. The van der Waals surface area contributed by atoms with Gasteiger partial charge < -0.3 is 20.1 Å². The number of benzene rings is 2. The van der Waals surface area contributed by atoms with E-state index < -0.39 is 17.5 Å². The zero-order valence-electron chi connectivity index (χ0n) is 15.1. The lowest BCUT2D eigenvalue weighted by Crippen LogP contribution is -2.12. The number of nitrogens with one attached hydrogen (secondary N) is 2. The number of anilines is 3. The van der Waals surface area contributed by atoms with Gasteiger partial charge in [-0.25, -0.2) is 13.8 Å². The molecule has 8 heteroatoms. The Labute approximate surface area is 160 Å². The van der Waals surface area contributed by atoms with E-state index in [0.29, 0.717) is 17.2 Å². The minimum Gasteiger partial charge on any atom is -0.493 e. The van der Waals surface area contributed by atoms with E-state index >= 15 is 0 Å². The largest absolute Gasteiger partial charge is 0.493 e. The van der Waals surface area contributed by atoms with Crippen LogP contribution in [0.4, 0.5) is 26.0 Å². The molecule has 0 aliphatic rings. The number of carbonyl (C=O) groups excluding carboxylic acids is 1. The standard InChI is InChI=1S/C20H17F2N3O3/c1-27-16-7-6-13(11-17(16)28-2)24-20(26)12-8-9-23-18(10-12)25-19-14(21)4-3-5-15(19)22/h3-11H,1-2H3,(H,23,25)(H,24,26). The Hall–Kier alpha value is -3.68. The van der Waals surface area contributed by atoms with Crippen molar-refractivity contribution in [3.8, 4) is 11.5 Å². The molecule has 0 radical (unpaired) electrons. The minimum absolute atomic E-state index is 0.129. The Bertz CT molecular complexity index is 991. The Balaban J connectivity index is 1.79. The van der Waals surface area contributed by atoms with E-state index in [2.05, 4.69) is 15.6 Å². The summed E-state index contributed by atoms with van der Waals surface area (Å²) in [5, 5.41) is 5.28. The molecule has 0 spiro atoms. The Morgan fingerprint density at radius 3 is 2.36 bits per heavy atom. The van der Waals surface area contributed by atoms with Crippen LogP contribution >= 0.6 is 0 Å². The molecule has 0 fully saturated rings. The maximum atomic E-state index is 13.8. The predicted octanol–water partition coefficient (Wildman–Crippen LogP) is 4.37. The molecule has 1 aromatic heterocycles. The molecule has 0 saturated carbocycles. The minimum atomic E-state index is -0.762. The van der Waals surface area contributed by atoms with Gasteiger partial charge in [0, 0.05) is 23.5 Å². The van der Waals surface area contributed by atoms with Gasteiger partial charge in [-0.3, -0.25) is 4.79 Å². The van der Waals surface area contributed by atoms with Crippen LogP contribution in [-0.4, -0.2) is 25.1 Å². The molecule has 1 amide bonds. The highest BCUT2D eigenvalue weighted by atomic mass is 19.1. The summed E-state index contributed by atoms with van der Waals surface area (Å²) in [4.78, 5) is 16.5. The summed E-state index contributed by atoms with van der Waals surface area (Å²) in [5.74, 6) is -0.824. The lowest BCUT2D eigenvalue weighted by atomic mass is 10.2. The van der Waals surface area contributed by atoms with Crippen molar-refractivity contribution in [1.82, 2.24) is 4.98 Å². The van der Waals surface area contributed by atoms with Crippen LogP contribution < -0.4 is 20.1 Å². The van der Waals surface area contributed by atoms with Crippen molar-refractivity contribution in [2.75, 3.05) is 24.9 Å². The summed E-state index contributed by atoms with van der Waals surface area (Å²) >= 11 is 0. The molecule has 3 aromatic rings. The fourth-order valence-electron chi connectivity index (χ4n) is 2.50. The van der Waals surface area contributed by atoms with Gasteiger partial charge in [-0.2, -0.15) is 0 Å². The van der Waals surface area contributed by atoms with E-state index in [1.165, 1.54) is 38.6 Å². The van der Waals surface area contributed by atoms with Gasteiger partial charge in [0.1, 0.15) is 23.1 Å². The van der Waals surface area contributed by atoms with Gasteiger partial charge in [0.25, 0.3) is 5.91 Å². The average Bonchev–Trinajstić information content (AvgIpc) is 2.71. The molecule has 2 aromatic carbocycles. The maximum absolute atomic E-state index is 13.8. The lowest BCUT2D eigenvalue weighted by Gasteiger charge is -2.11. The second kappa shape index (κ2) is 8.34. The Kier molecular flexibility index (Phi) is 5.69. The fraction of sp³-hybridized carbons (Fsp3) is 0.100. The Morgan fingerprint density at radius 2 is 1.68 bits per heavy atom. The monoisotopic (exact) mass is 385 g/mol. The molecule has 0 unspecified atom stereocenters. The van der Waals surface area contributed by atoms with Crippen LogP contribution in [-0.2, 0) is 0 Å². The van der Waals surface area contributed by atoms with Crippen molar-refractivity contribution in [1.29, 1.82) is 0 Å². The smallest absolute Gasteiger partial charge is 0.255 e. The van der Waals surface area contributed by atoms with Crippen molar-refractivity contribution in [2.24, 2.45) is 0 Å². The second-order valence-corrected chi connectivity index (χ2v) is 5.68. The molecule has 1 heterocycles. The van der Waals surface area contributed by atoms with E-state index in [0.717, 1.165) is 12.1 Å². The first-order chi connectivity index (χ1) is 13.5. The first kappa shape index (κ1) is 19.1. The van der Waals surface area contributed by atoms with Gasteiger partial charge in [0.2, 0.25) is 0 Å². The molecule has 6 nitrogen and oxygen atoms in total. The number of nitrogens with zero attached hydrogens (tertiary/aromatic N) is 1. The van der Waals surface area contributed by atoms with Crippen molar-refractivity contribution in [3.05, 3.63) is 71.9 Å². The fourth-order valence-corrected chi connectivity index (χ4v) is 2.50. The highest BCUT2D eigenvalue weighted by Crippen LogP contribution is 2.30. The van der Waals surface area contributed by atoms with Gasteiger partial charge in [0.15, 0.2) is 11.5 Å². The number of pyridine rings is 1. The molecule has 0 aliphatic heterocycles. The van der Waals surface area contributed by atoms with Crippen LogP contribution in [0.2, 0.25) is 0 Å². The molecule has 0 bridgehead atoms. The van der Waals surface area contributed by atoms with Crippen LogP contribution in [0.1, 0.15) is 10.4 Å². The molecule has 28 heavy (non-hydrogen) atoms. The van der Waals surface area contributed by atoms with E-state index in [1.807, 2.05) is 0 Å². The zero-order valence-corrected chi connectivity index (χ0v) is 15.1. The third-order valence-corrected chi connectivity index (χ3v) is 3.88. The van der Waals surface area contributed by atoms with Gasteiger partial charge in [0.05, 0.1) is 14.2 Å². The van der Waals surface area contributed by atoms with Crippen molar-refractivity contribution >= 4 is 23.1 Å². The summed E-state index contributed by atoms with van der Waals surface area (Å²) in [6.07, 6.45) is 1.37. The normalized spacial score (nSPS) is 10.3. The SMILES string of the molecule is COc1ccc(NC(=O)c2ccnc(Nc3c(F)cccc3F)c2)cc1OC. The molecular formula is C20H17F2N3O3. The number of carbonyl (C=O) groups is 1. The van der Waals surface area contributed by atoms with Crippen molar-refractivity contribution in [2.45, 2.75) is 0 Å².